The van der Waals surface area contributed by atoms with Gasteiger partial charge in [-0.15, -0.1) is 0 Å². The Morgan fingerprint density at radius 2 is 2.11 bits per heavy atom. The van der Waals surface area contributed by atoms with Gasteiger partial charge in [-0.2, -0.15) is 0 Å². The molecule has 3 rings (SSSR count). The van der Waals surface area contributed by atoms with Crippen LogP contribution in [0.2, 0.25) is 5.02 Å². The van der Waals surface area contributed by atoms with Crippen molar-refractivity contribution in [1.82, 2.24) is 10.2 Å². The zero-order chi connectivity index (χ0) is 12.5. The number of rotatable bonds is 4. The standard InChI is InChI=1S/C14H18ClFN2/c15-11-2-1-10(14(16)7-11)9-18(12-3-4-12)13-5-6-17-8-13/h1-2,7,12-13,17H,3-6,8-9H2. The lowest BCUT2D eigenvalue weighted by molar-refractivity contribution is 0.186. The van der Waals surface area contributed by atoms with E-state index in [1.54, 1.807) is 6.07 Å². The van der Waals surface area contributed by atoms with Gasteiger partial charge in [0.05, 0.1) is 0 Å². The van der Waals surface area contributed by atoms with Crippen molar-refractivity contribution in [1.29, 1.82) is 0 Å². The maximum Gasteiger partial charge on any atom is 0.129 e. The zero-order valence-electron chi connectivity index (χ0n) is 10.3. The highest BCUT2D eigenvalue weighted by atomic mass is 35.5. The lowest BCUT2D eigenvalue weighted by Gasteiger charge is -2.28. The van der Waals surface area contributed by atoms with Gasteiger partial charge in [-0.25, -0.2) is 4.39 Å². The lowest BCUT2D eigenvalue weighted by atomic mass is 10.1. The first-order valence-corrected chi connectivity index (χ1v) is 7.02. The minimum Gasteiger partial charge on any atom is -0.315 e. The fraction of sp³-hybridized carbons (Fsp3) is 0.571. The molecule has 1 atom stereocenters. The first kappa shape index (κ1) is 12.4. The Labute approximate surface area is 112 Å². The summed E-state index contributed by atoms with van der Waals surface area (Å²) in [7, 11) is 0. The average Bonchev–Trinajstić information content (AvgIpc) is 3.03. The van der Waals surface area contributed by atoms with Crippen LogP contribution < -0.4 is 5.32 Å². The molecule has 4 heteroatoms. The molecule has 2 aliphatic rings. The van der Waals surface area contributed by atoms with Crippen molar-refractivity contribution >= 4 is 11.6 Å². The Balaban J connectivity index is 1.75. The number of nitrogens with zero attached hydrogens (tertiary/aromatic N) is 1. The van der Waals surface area contributed by atoms with E-state index in [0.717, 1.165) is 18.7 Å². The molecule has 1 aliphatic heterocycles. The Bertz CT molecular complexity index is 428. The fourth-order valence-corrected chi connectivity index (χ4v) is 2.89. The van der Waals surface area contributed by atoms with Gasteiger partial charge in [0.15, 0.2) is 0 Å². The smallest absolute Gasteiger partial charge is 0.129 e. The van der Waals surface area contributed by atoms with Crippen LogP contribution in [0.5, 0.6) is 0 Å². The van der Waals surface area contributed by atoms with E-state index in [2.05, 4.69) is 10.2 Å². The summed E-state index contributed by atoms with van der Waals surface area (Å²) in [4.78, 5) is 2.46. The molecular weight excluding hydrogens is 251 g/mol. The molecule has 98 valence electrons. The quantitative estimate of drug-likeness (QED) is 0.903. The molecule has 1 aliphatic carbocycles. The summed E-state index contributed by atoms with van der Waals surface area (Å²) in [6, 6.07) is 6.22. The second-order valence-corrected chi connectivity index (χ2v) is 5.72. The first-order valence-electron chi connectivity index (χ1n) is 6.64. The second-order valence-electron chi connectivity index (χ2n) is 5.29. The molecule has 18 heavy (non-hydrogen) atoms. The van der Waals surface area contributed by atoms with Gasteiger partial charge in [-0.1, -0.05) is 17.7 Å². The maximum atomic E-state index is 13.9. The third-order valence-electron chi connectivity index (χ3n) is 3.89. The van der Waals surface area contributed by atoms with Crippen molar-refractivity contribution in [2.45, 2.75) is 37.9 Å². The Hall–Kier alpha value is -0.640. The van der Waals surface area contributed by atoms with E-state index in [1.807, 2.05) is 6.07 Å². The summed E-state index contributed by atoms with van der Waals surface area (Å²) in [5.74, 6) is -0.181. The van der Waals surface area contributed by atoms with Crippen LogP contribution >= 0.6 is 11.6 Å². The highest BCUT2D eigenvalue weighted by Crippen LogP contribution is 2.32. The van der Waals surface area contributed by atoms with Gasteiger partial charge >= 0.3 is 0 Å². The van der Waals surface area contributed by atoms with Crippen molar-refractivity contribution in [2.75, 3.05) is 13.1 Å². The zero-order valence-corrected chi connectivity index (χ0v) is 11.1. The van der Waals surface area contributed by atoms with E-state index in [4.69, 9.17) is 11.6 Å². The molecule has 2 nitrogen and oxygen atoms in total. The molecule has 1 saturated heterocycles. The Morgan fingerprint density at radius 1 is 1.28 bits per heavy atom. The van der Waals surface area contributed by atoms with Gasteiger partial charge in [0.1, 0.15) is 5.82 Å². The molecule has 0 spiro atoms. The maximum absolute atomic E-state index is 13.9. The summed E-state index contributed by atoms with van der Waals surface area (Å²) < 4.78 is 13.9. The Kier molecular flexibility index (Phi) is 3.55. The Morgan fingerprint density at radius 3 is 2.72 bits per heavy atom. The molecule has 1 aromatic carbocycles. The fourth-order valence-electron chi connectivity index (χ4n) is 2.73. The SMILES string of the molecule is Fc1cc(Cl)ccc1CN(C1CC1)C1CCNC1. The number of nitrogens with one attached hydrogen (secondary N) is 1. The topological polar surface area (TPSA) is 15.3 Å². The molecule has 1 heterocycles. The molecule has 1 saturated carbocycles. The van der Waals surface area contributed by atoms with Crippen molar-refractivity contribution in [2.24, 2.45) is 0 Å². The number of benzene rings is 1. The predicted molar refractivity (Wildman–Crippen MR) is 71.2 cm³/mol. The summed E-state index contributed by atoms with van der Waals surface area (Å²) in [6.45, 7) is 2.82. The highest BCUT2D eigenvalue weighted by Gasteiger charge is 2.35. The molecule has 1 aromatic rings. The molecule has 0 radical (unpaired) electrons. The second kappa shape index (κ2) is 5.16. The van der Waals surface area contributed by atoms with E-state index in [1.165, 1.54) is 25.3 Å². The van der Waals surface area contributed by atoms with Crippen LogP contribution in [0.4, 0.5) is 4.39 Å². The van der Waals surface area contributed by atoms with Gasteiger partial charge < -0.3 is 5.32 Å². The van der Waals surface area contributed by atoms with Gasteiger partial charge in [0.2, 0.25) is 0 Å². The van der Waals surface area contributed by atoms with Crippen LogP contribution in [-0.4, -0.2) is 30.1 Å². The molecule has 0 bridgehead atoms. The van der Waals surface area contributed by atoms with Crippen molar-refractivity contribution in [3.63, 3.8) is 0 Å². The third kappa shape index (κ3) is 2.68. The highest BCUT2D eigenvalue weighted by molar-refractivity contribution is 6.30. The number of halogens is 2. The monoisotopic (exact) mass is 268 g/mol. The van der Waals surface area contributed by atoms with Gasteiger partial charge in [0, 0.05) is 35.8 Å². The van der Waals surface area contributed by atoms with Crippen LogP contribution in [0.1, 0.15) is 24.8 Å². The third-order valence-corrected chi connectivity index (χ3v) is 4.12. The van der Waals surface area contributed by atoms with Crippen molar-refractivity contribution in [3.05, 3.63) is 34.6 Å². The summed E-state index contributed by atoms with van der Waals surface area (Å²) in [5.41, 5.74) is 0.762. The van der Waals surface area contributed by atoms with E-state index < -0.39 is 0 Å². The van der Waals surface area contributed by atoms with Crippen molar-refractivity contribution in [3.8, 4) is 0 Å². The predicted octanol–water partition coefficient (Wildman–Crippen LogP) is 2.81. The molecule has 2 fully saturated rings. The van der Waals surface area contributed by atoms with E-state index >= 15 is 0 Å². The largest absolute Gasteiger partial charge is 0.315 e. The van der Waals surface area contributed by atoms with Crippen LogP contribution in [0.3, 0.4) is 0 Å². The van der Waals surface area contributed by atoms with Gasteiger partial charge in [-0.05, 0) is 37.9 Å². The summed E-state index contributed by atoms with van der Waals surface area (Å²) >= 11 is 5.79. The molecule has 0 aromatic heterocycles. The van der Waals surface area contributed by atoms with Crippen LogP contribution in [0, 0.1) is 5.82 Å². The molecular formula is C14H18ClFN2. The van der Waals surface area contributed by atoms with Gasteiger partial charge in [-0.3, -0.25) is 4.90 Å². The van der Waals surface area contributed by atoms with E-state index in [-0.39, 0.29) is 5.82 Å². The molecule has 0 amide bonds. The lowest BCUT2D eigenvalue weighted by Crippen LogP contribution is -2.38. The number of hydrogen-bond donors (Lipinski definition) is 1. The van der Waals surface area contributed by atoms with E-state index in [9.17, 15) is 4.39 Å². The minimum atomic E-state index is -0.181. The van der Waals surface area contributed by atoms with Crippen LogP contribution in [0.25, 0.3) is 0 Å². The normalized spacial score (nSPS) is 23.8. The first-order chi connectivity index (χ1) is 8.74. The van der Waals surface area contributed by atoms with Crippen LogP contribution in [-0.2, 0) is 6.54 Å². The van der Waals surface area contributed by atoms with E-state index in [0.29, 0.717) is 23.7 Å². The molecule has 1 N–H and O–H groups in total. The van der Waals surface area contributed by atoms with Gasteiger partial charge in [0.25, 0.3) is 0 Å². The molecule has 1 unspecified atom stereocenters. The van der Waals surface area contributed by atoms with Crippen molar-refractivity contribution < 1.29 is 4.39 Å². The summed E-state index contributed by atoms with van der Waals surface area (Å²) in [5, 5.41) is 3.86. The number of hydrogen-bond acceptors (Lipinski definition) is 2. The minimum absolute atomic E-state index is 0.181. The summed E-state index contributed by atoms with van der Waals surface area (Å²) in [6.07, 6.45) is 3.68. The average molecular weight is 269 g/mol. The van der Waals surface area contributed by atoms with Crippen LogP contribution in [0.15, 0.2) is 18.2 Å².